The van der Waals surface area contributed by atoms with E-state index in [1.165, 1.54) is 0 Å². The minimum Gasteiger partial charge on any atom is -0.487 e. The third-order valence-corrected chi connectivity index (χ3v) is 5.51. The molecule has 0 unspecified atom stereocenters. The molecule has 0 spiro atoms. The van der Waals surface area contributed by atoms with Crippen molar-refractivity contribution in [2.75, 3.05) is 19.7 Å². The van der Waals surface area contributed by atoms with Gasteiger partial charge in [-0.25, -0.2) is 9.78 Å². The maximum absolute atomic E-state index is 12.3. The minimum absolute atomic E-state index is 0.134. The summed E-state index contributed by atoms with van der Waals surface area (Å²) in [5.41, 5.74) is 1.27. The van der Waals surface area contributed by atoms with Crippen molar-refractivity contribution in [3.63, 3.8) is 0 Å². The monoisotopic (exact) mass is 402 g/mol. The number of nitrogens with zero attached hydrogens (tertiary/aromatic N) is 2. The summed E-state index contributed by atoms with van der Waals surface area (Å²) in [4.78, 5) is 30.7. The van der Waals surface area contributed by atoms with Crippen LogP contribution in [0.3, 0.4) is 0 Å². The van der Waals surface area contributed by atoms with E-state index in [-0.39, 0.29) is 12.5 Å². The van der Waals surface area contributed by atoms with Gasteiger partial charge in [0.15, 0.2) is 6.61 Å². The topological polar surface area (TPSA) is 68.7 Å². The number of aryl methyl sites for hydroxylation is 1. The van der Waals surface area contributed by atoms with Crippen molar-refractivity contribution in [3.05, 3.63) is 45.9 Å². The molecule has 0 aliphatic carbocycles. The summed E-state index contributed by atoms with van der Waals surface area (Å²) >= 11 is 1.58. The lowest BCUT2D eigenvalue weighted by Crippen LogP contribution is -2.44. The van der Waals surface area contributed by atoms with E-state index in [1.54, 1.807) is 40.5 Å². The number of piperidine rings is 1. The summed E-state index contributed by atoms with van der Waals surface area (Å²) in [7, 11) is 0. The highest BCUT2D eigenvalue weighted by Crippen LogP contribution is 2.21. The molecule has 1 aliphatic heterocycles. The fraction of sp³-hybridized carbons (Fsp3) is 0.476. The Balaban J connectivity index is 1.47. The zero-order valence-electron chi connectivity index (χ0n) is 16.5. The Hall–Kier alpha value is -2.41. The Bertz CT molecular complexity index is 808. The molecule has 2 aromatic rings. The molecule has 150 valence electrons. The van der Waals surface area contributed by atoms with E-state index < -0.39 is 5.97 Å². The van der Waals surface area contributed by atoms with E-state index >= 15 is 0 Å². The molecule has 0 bridgehead atoms. The van der Waals surface area contributed by atoms with Gasteiger partial charge in [-0.2, -0.15) is 0 Å². The molecule has 6 nitrogen and oxygen atoms in total. The van der Waals surface area contributed by atoms with Gasteiger partial charge in [-0.15, -0.1) is 11.3 Å². The summed E-state index contributed by atoms with van der Waals surface area (Å²) in [5.74, 6) is 0.959. The van der Waals surface area contributed by atoms with Crippen molar-refractivity contribution in [1.82, 2.24) is 9.88 Å². The number of hydrogen-bond donors (Lipinski definition) is 0. The Morgan fingerprint density at radius 3 is 2.46 bits per heavy atom. The molecule has 1 aromatic carbocycles. The van der Waals surface area contributed by atoms with E-state index in [0.717, 1.165) is 30.2 Å². The summed E-state index contributed by atoms with van der Waals surface area (Å²) in [6.45, 7) is 7.85. The van der Waals surface area contributed by atoms with Crippen molar-refractivity contribution in [3.8, 4) is 5.75 Å². The molecule has 2 atom stereocenters. The smallest absolute Gasteiger partial charge is 0.338 e. The summed E-state index contributed by atoms with van der Waals surface area (Å²) in [6, 6.07) is 6.70. The third-order valence-electron chi connectivity index (χ3n) is 4.69. The van der Waals surface area contributed by atoms with Gasteiger partial charge in [-0.3, -0.25) is 4.79 Å². The molecule has 0 N–H and O–H groups in total. The number of rotatable bonds is 6. The highest BCUT2D eigenvalue weighted by atomic mass is 32.1. The predicted molar refractivity (Wildman–Crippen MR) is 107 cm³/mol. The first-order valence-electron chi connectivity index (χ1n) is 9.49. The molecule has 7 heteroatoms. The van der Waals surface area contributed by atoms with E-state index in [9.17, 15) is 9.59 Å². The quantitative estimate of drug-likeness (QED) is 0.689. The van der Waals surface area contributed by atoms with Crippen molar-refractivity contribution in [2.24, 2.45) is 11.8 Å². The van der Waals surface area contributed by atoms with Crippen LogP contribution in [0.2, 0.25) is 0 Å². The van der Waals surface area contributed by atoms with Gasteiger partial charge in [0, 0.05) is 18.5 Å². The van der Waals surface area contributed by atoms with Crippen LogP contribution in [-0.4, -0.2) is 41.5 Å². The van der Waals surface area contributed by atoms with Gasteiger partial charge in [-0.05, 0) is 49.4 Å². The number of esters is 1. The number of hydrogen-bond acceptors (Lipinski definition) is 6. The molecule has 2 heterocycles. The minimum atomic E-state index is -0.506. The van der Waals surface area contributed by atoms with Crippen molar-refractivity contribution in [2.45, 2.75) is 33.8 Å². The van der Waals surface area contributed by atoms with Crippen LogP contribution in [0.15, 0.2) is 29.6 Å². The van der Waals surface area contributed by atoms with Crippen LogP contribution in [0.5, 0.6) is 5.75 Å². The van der Waals surface area contributed by atoms with Gasteiger partial charge in [0.25, 0.3) is 5.91 Å². The van der Waals surface area contributed by atoms with Crippen molar-refractivity contribution in [1.29, 1.82) is 0 Å². The predicted octanol–water partition coefficient (Wildman–Crippen LogP) is 3.69. The average molecular weight is 403 g/mol. The maximum Gasteiger partial charge on any atom is 0.338 e. The fourth-order valence-electron chi connectivity index (χ4n) is 3.49. The Labute approximate surface area is 169 Å². The first-order chi connectivity index (χ1) is 13.4. The Morgan fingerprint density at radius 1 is 1.18 bits per heavy atom. The molecule has 1 aromatic heterocycles. The van der Waals surface area contributed by atoms with Crippen LogP contribution in [0.4, 0.5) is 0 Å². The fourth-order valence-corrected chi connectivity index (χ4v) is 4.08. The molecule has 28 heavy (non-hydrogen) atoms. The zero-order valence-corrected chi connectivity index (χ0v) is 17.3. The highest BCUT2D eigenvalue weighted by molar-refractivity contribution is 7.09. The van der Waals surface area contributed by atoms with Crippen LogP contribution in [0.25, 0.3) is 0 Å². The molecule has 0 radical (unpaired) electrons. The number of likely N-dealkylation sites (tertiary alicyclic amines) is 1. The van der Waals surface area contributed by atoms with E-state index in [0.29, 0.717) is 29.8 Å². The highest BCUT2D eigenvalue weighted by Gasteiger charge is 2.26. The number of carbonyl (C=O) groups is 2. The normalized spacial score (nSPS) is 19.3. The molecule has 1 saturated heterocycles. The molecular formula is C21H26N2O4S. The second kappa shape index (κ2) is 9.19. The first-order valence-corrected chi connectivity index (χ1v) is 10.4. The third kappa shape index (κ3) is 5.55. The standard InChI is InChI=1S/C21H26N2O4S/c1-14-8-15(2)10-23(9-14)20(24)12-27-21(25)17-4-6-19(7-5-17)26-11-18-13-28-16(3)22-18/h4-7,13-15H,8-12H2,1-3H3/t14-,15+. The molecule has 1 amide bonds. The summed E-state index contributed by atoms with van der Waals surface area (Å²) in [5, 5.41) is 2.96. The lowest BCUT2D eigenvalue weighted by Gasteiger charge is -2.34. The summed E-state index contributed by atoms with van der Waals surface area (Å²) in [6.07, 6.45) is 1.13. The lowest BCUT2D eigenvalue weighted by atomic mass is 9.92. The number of carbonyl (C=O) groups excluding carboxylic acids is 2. The van der Waals surface area contributed by atoms with Gasteiger partial charge in [-0.1, -0.05) is 13.8 Å². The number of aromatic nitrogens is 1. The van der Waals surface area contributed by atoms with E-state index in [4.69, 9.17) is 9.47 Å². The van der Waals surface area contributed by atoms with Crippen LogP contribution in [0, 0.1) is 18.8 Å². The summed E-state index contributed by atoms with van der Waals surface area (Å²) < 4.78 is 10.9. The zero-order chi connectivity index (χ0) is 20.1. The Morgan fingerprint density at radius 2 is 1.86 bits per heavy atom. The lowest BCUT2D eigenvalue weighted by molar-refractivity contribution is -0.137. The van der Waals surface area contributed by atoms with E-state index in [2.05, 4.69) is 18.8 Å². The van der Waals surface area contributed by atoms with Crippen molar-refractivity contribution >= 4 is 23.2 Å². The van der Waals surface area contributed by atoms with Crippen molar-refractivity contribution < 1.29 is 19.1 Å². The van der Waals surface area contributed by atoms with Crippen LogP contribution >= 0.6 is 11.3 Å². The van der Waals surface area contributed by atoms with Gasteiger partial charge in [0.2, 0.25) is 0 Å². The Kier molecular flexibility index (Phi) is 6.67. The van der Waals surface area contributed by atoms with E-state index in [1.807, 2.05) is 12.3 Å². The second-order valence-electron chi connectivity index (χ2n) is 7.49. The number of ether oxygens (including phenoxy) is 2. The molecule has 1 fully saturated rings. The van der Waals surface area contributed by atoms with Gasteiger partial charge < -0.3 is 14.4 Å². The number of thiazole rings is 1. The average Bonchev–Trinajstić information content (AvgIpc) is 3.09. The molecule has 0 saturated carbocycles. The van der Waals surface area contributed by atoms with Crippen LogP contribution in [-0.2, 0) is 16.1 Å². The number of amides is 1. The van der Waals surface area contributed by atoms with Gasteiger partial charge in [0.05, 0.1) is 16.3 Å². The second-order valence-corrected chi connectivity index (χ2v) is 8.55. The number of benzene rings is 1. The SMILES string of the molecule is Cc1nc(COc2ccc(C(=O)OCC(=O)N3C[C@H](C)C[C@H](C)C3)cc2)cs1. The molecule has 1 aliphatic rings. The van der Waals surface area contributed by atoms with Gasteiger partial charge >= 0.3 is 5.97 Å². The largest absolute Gasteiger partial charge is 0.487 e. The first kappa shape index (κ1) is 20.3. The molecule has 3 rings (SSSR count). The van der Waals surface area contributed by atoms with Crippen LogP contribution < -0.4 is 4.74 Å². The molecular weight excluding hydrogens is 376 g/mol. The van der Waals surface area contributed by atoms with Gasteiger partial charge in [0.1, 0.15) is 12.4 Å². The maximum atomic E-state index is 12.3. The van der Waals surface area contributed by atoms with Crippen LogP contribution in [0.1, 0.15) is 41.3 Å².